The molecule has 0 fully saturated rings. The Labute approximate surface area is 113 Å². The number of carbonyl (C=O) groups is 1. The van der Waals surface area contributed by atoms with E-state index in [2.05, 4.69) is 0 Å². The van der Waals surface area contributed by atoms with E-state index in [4.69, 9.17) is 16.3 Å². The van der Waals surface area contributed by atoms with E-state index in [0.29, 0.717) is 10.6 Å². The molecule has 0 radical (unpaired) electrons. The summed E-state index contributed by atoms with van der Waals surface area (Å²) >= 11 is 5.69. The first-order valence-corrected chi connectivity index (χ1v) is 5.80. The second-order valence-corrected chi connectivity index (χ2v) is 4.23. The lowest BCUT2D eigenvalue weighted by Gasteiger charge is -2.06. The fraction of sp³-hybridized carbons (Fsp3) is 0.0714. The van der Waals surface area contributed by atoms with Crippen LogP contribution in [0.25, 0.3) is 0 Å². The molecule has 5 heteroatoms. The lowest BCUT2D eigenvalue weighted by atomic mass is 10.1. The molecule has 2 nitrogen and oxygen atoms in total. The zero-order valence-electron chi connectivity index (χ0n) is 9.70. The van der Waals surface area contributed by atoms with Crippen LogP contribution in [0.4, 0.5) is 8.78 Å². The second-order valence-electron chi connectivity index (χ2n) is 3.79. The fourth-order valence-corrected chi connectivity index (χ4v) is 1.58. The maximum absolute atomic E-state index is 13.3. The van der Waals surface area contributed by atoms with E-state index in [1.165, 1.54) is 12.1 Å². The van der Waals surface area contributed by atoms with Gasteiger partial charge in [0.15, 0.2) is 24.0 Å². The minimum Gasteiger partial charge on any atom is -0.482 e. The molecule has 0 atom stereocenters. The Morgan fingerprint density at radius 3 is 2.47 bits per heavy atom. The van der Waals surface area contributed by atoms with Crippen LogP contribution in [-0.2, 0) is 0 Å². The van der Waals surface area contributed by atoms with Gasteiger partial charge < -0.3 is 4.74 Å². The lowest BCUT2D eigenvalue weighted by Crippen LogP contribution is -2.12. The summed E-state index contributed by atoms with van der Waals surface area (Å²) < 4.78 is 31.1. The summed E-state index contributed by atoms with van der Waals surface area (Å²) in [6.45, 7) is -0.373. The Kier molecular flexibility index (Phi) is 4.12. The van der Waals surface area contributed by atoms with Gasteiger partial charge in [0.25, 0.3) is 0 Å². The molecule has 0 amide bonds. The van der Waals surface area contributed by atoms with Gasteiger partial charge in [-0.1, -0.05) is 11.6 Å². The number of hydrogen-bond donors (Lipinski definition) is 0. The minimum absolute atomic E-state index is 0.290. The van der Waals surface area contributed by atoms with Gasteiger partial charge in [0.1, 0.15) is 5.82 Å². The van der Waals surface area contributed by atoms with Crippen LogP contribution in [0.2, 0.25) is 5.02 Å². The van der Waals surface area contributed by atoms with Gasteiger partial charge in [0.05, 0.1) is 0 Å². The van der Waals surface area contributed by atoms with E-state index >= 15 is 0 Å². The molecule has 0 aliphatic carbocycles. The molecule has 2 rings (SSSR count). The number of rotatable bonds is 4. The van der Waals surface area contributed by atoms with E-state index in [-0.39, 0.29) is 18.1 Å². The number of ether oxygens (including phenoxy) is 1. The van der Waals surface area contributed by atoms with Crippen molar-refractivity contribution in [3.63, 3.8) is 0 Å². The fourth-order valence-electron chi connectivity index (χ4n) is 1.45. The van der Waals surface area contributed by atoms with Crippen LogP contribution in [0.5, 0.6) is 5.75 Å². The zero-order valence-corrected chi connectivity index (χ0v) is 10.5. The van der Waals surface area contributed by atoms with Crippen LogP contribution >= 0.6 is 11.6 Å². The van der Waals surface area contributed by atoms with Crippen LogP contribution in [0, 0.1) is 11.6 Å². The third-order valence-corrected chi connectivity index (χ3v) is 2.67. The monoisotopic (exact) mass is 282 g/mol. The van der Waals surface area contributed by atoms with Crippen LogP contribution in [-0.4, -0.2) is 12.4 Å². The first-order chi connectivity index (χ1) is 9.06. The van der Waals surface area contributed by atoms with Crippen molar-refractivity contribution >= 4 is 17.4 Å². The topological polar surface area (TPSA) is 26.3 Å². The number of benzene rings is 2. The van der Waals surface area contributed by atoms with Gasteiger partial charge in [-0.05, 0) is 36.4 Å². The summed E-state index contributed by atoms with van der Waals surface area (Å²) in [5.74, 6) is -1.98. The van der Waals surface area contributed by atoms with E-state index < -0.39 is 11.6 Å². The van der Waals surface area contributed by atoms with Gasteiger partial charge in [0.2, 0.25) is 0 Å². The third-order valence-electron chi connectivity index (χ3n) is 2.42. The van der Waals surface area contributed by atoms with E-state index in [0.717, 1.165) is 18.2 Å². The molecule has 0 aromatic heterocycles. The number of hydrogen-bond acceptors (Lipinski definition) is 2. The highest BCUT2D eigenvalue weighted by Gasteiger charge is 2.10. The molecule has 98 valence electrons. The molecule has 0 saturated heterocycles. The van der Waals surface area contributed by atoms with Crippen LogP contribution < -0.4 is 4.74 Å². The van der Waals surface area contributed by atoms with Crippen LogP contribution in [0.1, 0.15) is 10.4 Å². The molecule has 0 unspecified atom stereocenters. The van der Waals surface area contributed by atoms with Crippen LogP contribution in [0.3, 0.4) is 0 Å². The first kappa shape index (κ1) is 13.5. The maximum atomic E-state index is 13.3. The summed E-state index contributed by atoms with van der Waals surface area (Å²) in [5.41, 5.74) is 0.390. The standard InChI is InChI=1S/C14H9ClF2O2/c15-10-3-1-9(2-4-10)13(18)8-19-14-7-11(16)5-6-12(14)17/h1-7H,8H2. The Hall–Kier alpha value is -1.94. The lowest BCUT2D eigenvalue weighted by molar-refractivity contribution is 0.0918. The Balaban J connectivity index is 2.04. The van der Waals surface area contributed by atoms with Gasteiger partial charge >= 0.3 is 0 Å². The van der Waals surface area contributed by atoms with E-state index in [1.54, 1.807) is 12.1 Å². The number of carbonyl (C=O) groups excluding carboxylic acids is 1. The minimum atomic E-state index is -0.717. The predicted octanol–water partition coefficient (Wildman–Crippen LogP) is 3.88. The quantitative estimate of drug-likeness (QED) is 0.796. The molecule has 0 aliphatic rings. The predicted molar refractivity (Wildman–Crippen MR) is 67.6 cm³/mol. The summed E-state index contributed by atoms with van der Waals surface area (Å²) in [6.07, 6.45) is 0. The third kappa shape index (κ3) is 3.51. The number of ketones is 1. The van der Waals surface area contributed by atoms with Crippen molar-refractivity contribution < 1.29 is 18.3 Å². The average Bonchev–Trinajstić information content (AvgIpc) is 2.40. The molecule has 0 saturated carbocycles. The van der Waals surface area contributed by atoms with Crippen molar-refractivity contribution in [1.82, 2.24) is 0 Å². The van der Waals surface area contributed by atoms with Crippen molar-refractivity contribution in [2.24, 2.45) is 0 Å². The molecule has 0 bridgehead atoms. The Morgan fingerprint density at radius 2 is 1.79 bits per heavy atom. The summed E-state index contributed by atoms with van der Waals surface area (Å²) in [6, 6.07) is 9.02. The van der Waals surface area contributed by atoms with Gasteiger partial charge in [-0.3, -0.25) is 4.79 Å². The van der Waals surface area contributed by atoms with Gasteiger partial charge in [-0.15, -0.1) is 0 Å². The molecule has 0 aliphatic heterocycles. The molecule has 19 heavy (non-hydrogen) atoms. The smallest absolute Gasteiger partial charge is 0.200 e. The molecule has 2 aromatic rings. The largest absolute Gasteiger partial charge is 0.482 e. The summed E-state index contributed by atoms with van der Waals surface area (Å²) in [4.78, 5) is 11.7. The van der Waals surface area contributed by atoms with Gasteiger partial charge in [-0.2, -0.15) is 0 Å². The maximum Gasteiger partial charge on any atom is 0.200 e. The highest BCUT2D eigenvalue weighted by Crippen LogP contribution is 2.18. The van der Waals surface area contributed by atoms with Gasteiger partial charge in [-0.25, -0.2) is 8.78 Å². The molecule has 0 heterocycles. The van der Waals surface area contributed by atoms with Crippen molar-refractivity contribution in [2.75, 3.05) is 6.61 Å². The number of Topliss-reactive ketones (excluding diaryl/α,β-unsaturated/α-hetero) is 1. The second kappa shape index (κ2) is 5.80. The normalized spacial score (nSPS) is 10.3. The van der Waals surface area contributed by atoms with Crippen LogP contribution in [0.15, 0.2) is 42.5 Å². The van der Waals surface area contributed by atoms with Gasteiger partial charge in [0, 0.05) is 16.7 Å². The SMILES string of the molecule is O=C(COc1cc(F)ccc1F)c1ccc(Cl)cc1. The molecule has 0 spiro atoms. The Bertz CT molecular complexity index is 597. The molecular formula is C14H9ClF2O2. The number of halogens is 3. The molecule has 0 N–H and O–H groups in total. The highest BCUT2D eigenvalue weighted by atomic mass is 35.5. The van der Waals surface area contributed by atoms with Crippen molar-refractivity contribution in [3.8, 4) is 5.75 Å². The van der Waals surface area contributed by atoms with E-state index in [1.807, 2.05) is 0 Å². The summed E-state index contributed by atoms with van der Waals surface area (Å²) in [7, 11) is 0. The van der Waals surface area contributed by atoms with Crippen molar-refractivity contribution in [2.45, 2.75) is 0 Å². The first-order valence-electron chi connectivity index (χ1n) is 5.43. The van der Waals surface area contributed by atoms with E-state index in [9.17, 15) is 13.6 Å². The zero-order chi connectivity index (χ0) is 13.8. The van der Waals surface area contributed by atoms with Crippen molar-refractivity contribution in [1.29, 1.82) is 0 Å². The highest BCUT2D eigenvalue weighted by molar-refractivity contribution is 6.30. The Morgan fingerprint density at radius 1 is 1.11 bits per heavy atom. The van der Waals surface area contributed by atoms with Crippen molar-refractivity contribution in [3.05, 3.63) is 64.7 Å². The summed E-state index contributed by atoms with van der Waals surface area (Å²) in [5, 5.41) is 0.508. The molecule has 2 aromatic carbocycles. The molecular weight excluding hydrogens is 274 g/mol. The average molecular weight is 283 g/mol.